The molecule has 3 aromatic heterocycles. The monoisotopic (exact) mass is 369 g/mol. The van der Waals surface area contributed by atoms with Crippen molar-refractivity contribution in [2.24, 2.45) is 14.1 Å². The average molecular weight is 369 g/mol. The second-order valence-electron chi connectivity index (χ2n) is 7.25. The van der Waals surface area contributed by atoms with Crippen LogP contribution in [0.15, 0.2) is 6.07 Å². The third kappa shape index (κ3) is 2.87. The molecule has 1 saturated carbocycles. The number of nitrogens with zero attached hydrogens (tertiary/aromatic N) is 6. The fourth-order valence-electron chi connectivity index (χ4n) is 3.83. The summed E-state index contributed by atoms with van der Waals surface area (Å²) in [4.78, 5) is 17.4. The minimum Gasteiger partial charge on any atom is -0.388 e. The van der Waals surface area contributed by atoms with Crippen LogP contribution in [0.2, 0.25) is 0 Å². The maximum absolute atomic E-state index is 12.9. The molecule has 3 heterocycles. The highest BCUT2D eigenvalue weighted by Crippen LogP contribution is 2.36. The number of hydrogen-bond donors (Lipinski definition) is 2. The third-order valence-electron chi connectivity index (χ3n) is 5.32. The first-order chi connectivity index (χ1) is 12.9. The van der Waals surface area contributed by atoms with E-state index in [1.54, 1.807) is 4.68 Å². The second-order valence-corrected chi connectivity index (χ2v) is 7.25. The van der Waals surface area contributed by atoms with Crippen LogP contribution in [0.4, 0.5) is 0 Å². The molecule has 0 saturated heterocycles. The lowest BCUT2D eigenvalue weighted by Crippen LogP contribution is -2.44. The van der Waals surface area contributed by atoms with Gasteiger partial charge in [0.25, 0.3) is 5.91 Å². The summed E-state index contributed by atoms with van der Waals surface area (Å²) in [6.07, 6.45) is 1.62. The number of aromatic nitrogens is 6. The number of carbonyl (C=O) groups excluding carboxylic acids is 1. The summed E-state index contributed by atoms with van der Waals surface area (Å²) >= 11 is 0. The van der Waals surface area contributed by atoms with Crippen LogP contribution in [-0.4, -0.2) is 46.6 Å². The number of pyridine rings is 1. The van der Waals surface area contributed by atoms with Gasteiger partial charge in [-0.3, -0.25) is 9.48 Å². The first-order valence-electron chi connectivity index (χ1n) is 8.99. The Labute approximate surface area is 156 Å². The molecule has 0 aliphatic heterocycles. The minimum absolute atomic E-state index is 0.0947. The summed E-state index contributed by atoms with van der Waals surface area (Å²) in [5.41, 5.74) is 2.93. The van der Waals surface area contributed by atoms with Gasteiger partial charge in [0.1, 0.15) is 12.4 Å². The normalized spacial score (nSPS) is 19.3. The van der Waals surface area contributed by atoms with Crippen LogP contribution in [0.1, 0.15) is 52.2 Å². The quantitative estimate of drug-likeness (QED) is 0.706. The smallest absolute Gasteiger partial charge is 0.252 e. The Hall–Kier alpha value is -2.81. The van der Waals surface area contributed by atoms with Gasteiger partial charge in [-0.05, 0) is 32.8 Å². The van der Waals surface area contributed by atoms with Crippen LogP contribution < -0.4 is 5.32 Å². The van der Waals surface area contributed by atoms with E-state index in [0.29, 0.717) is 11.4 Å². The molecule has 0 bridgehead atoms. The van der Waals surface area contributed by atoms with E-state index in [2.05, 4.69) is 25.6 Å². The molecule has 0 unspecified atom stereocenters. The van der Waals surface area contributed by atoms with E-state index in [9.17, 15) is 9.90 Å². The molecule has 142 valence electrons. The number of nitrogens with one attached hydrogen (secondary N) is 1. The highest BCUT2D eigenvalue weighted by atomic mass is 16.3. The molecule has 1 fully saturated rings. The van der Waals surface area contributed by atoms with Gasteiger partial charge in [-0.2, -0.15) is 5.10 Å². The van der Waals surface area contributed by atoms with Crippen molar-refractivity contribution in [3.8, 4) is 0 Å². The number of aryl methyl sites for hydroxylation is 3. The lowest BCUT2D eigenvalue weighted by Gasteiger charge is -2.35. The molecule has 0 spiro atoms. The lowest BCUT2D eigenvalue weighted by atomic mass is 9.79. The van der Waals surface area contributed by atoms with Crippen LogP contribution in [0.3, 0.4) is 0 Å². The predicted molar refractivity (Wildman–Crippen MR) is 98.1 cm³/mol. The average Bonchev–Trinajstić information content (AvgIpc) is 3.09. The number of aliphatic hydroxyl groups excluding tert-OH is 1. The summed E-state index contributed by atoms with van der Waals surface area (Å²) in [6.45, 7) is 3.64. The Morgan fingerprint density at radius 3 is 2.70 bits per heavy atom. The number of amides is 1. The molecule has 1 aliphatic rings. The summed E-state index contributed by atoms with van der Waals surface area (Å²) in [7, 11) is 3.69. The largest absolute Gasteiger partial charge is 0.388 e. The van der Waals surface area contributed by atoms with Gasteiger partial charge in [-0.25, -0.2) is 4.98 Å². The highest BCUT2D eigenvalue weighted by Gasteiger charge is 2.35. The first kappa shape index (κ1) is 17.6. The zero-order valence-corrected chi connectivity index (χ0v) is 15.9. The first-order valence-corrected chi connectivity index (χ1v) is 8.99. The zero-order chi connectivity index (χ0) is 19.3. The van der Waals surface area contributed by atoms with Crippen LogP contribution >= 0.6 is 0 Å². The molecule has 0 aromatic carbocycles. The van der Waals surface area contributed by atoms with Crippen LogP contribution in [0, 0.1) is 13.8 Å². The molecule has 9 nitrogen and oxygen atoms in total. The Balaban J connectivity index is 1.50. The summed E-state index contributed by atoms with van der Waals surface area (Å²) in [6, 6.07) is 1.91. The van der Waals surface area contributed by atoms with E-state index in [0.717, 1.165) is 41.1 Å². The Morgan fingerprint density at radius 2 is 2.04 bits per heavy atom. The molecule has 3 aromatic rings. The van der Waals surface area contributed by atoms with Gasteiger partial charge in [0, 0.05) is 31.7 Å². The maximum Gasteiger partial charge on any atom is 0.252 e. The van der Waals surface area contributed by atoms with E-state index < -0.39 is 0 Å². The molecule has 4 rings (SSSR count). The Morgan fingerprint density at radius 1 is 1.30 bits per heavy atom. The van der Waals surface area contributed by atoms with E-state index >= 15 is 0 Å². The standard InChI is InChI=1S/C18H23N7O2/c1-9-5-13(15-10(2)23-25(4)17(15)19-9)18(27)20-12-6-11(7-12)16-22-21-14(8-26)24(16)3/h5,11-12,26H,6-8H2,1-4H3,(H,20,27). The number of fused-ring (bicyclic) bond motifs is 1. The molecule has 1 amide bonds. The van der Waals surface area contributed by atoms with E-state index in [1.165, 1.54) is 0 Å². The third-order valence-corrected chi connectivity index (χ3v) is 5.32. The summed E-state index contributed by atoms with van der Waals surface area (Å²) < 4.78 is 3.54. The summed E-state index contributed by atoms with van der Waals surface area (Å²) in [5, 5.41) is 25.7. The van der Waals surface area contributed by atoms with Gasteiger partial charge in [0.15, 0.2) is 11.5 Å². The van der Waals surface area contributed by atoms with Gasteiger partial charge < -0.3 is 15.0 Å². The van der Waals surface area contributed by atoms with Crippen LogP contribution in [0.25, 0.3) is 11.0 Å². The van der Waals surface area contributed by atoms with Crippen LogP contribution in [-0.2, 0) is 20.7 Å². The van der Waals surface area contributed by atoms with Crippen molar-refractivity contribution in [1.82, 2.24) is 34.8 Å². The van der Waals surface area contributed by atoms with E-state index in [1.807, 2.05) is 38.6 Å². The van der Waals surface area contributed by atoms with Crippen molar-refractivity contribution in [1.29, 1.82) is 0 Å². The SMILES string of the molecule is Cc1cc(C(=O)NC2CC(c3nnc(CO)n3C)C2)c2c(C)nn(C)c2n1. The zero-order valence-electron chi connectivity index (χ0n) is 15.9. The number of carbonyl (C=O) groups is 1. The van der Waals surface area contributed by atoms with Crippen molar-refractivity contribution in [2.75, 3.05) is 0 Å². The van der Waals surface area contributed by atoms with Gasteiger partial charge in [0.05, 0.1) is 16.6 Å². The van der Waals surface area contributed by atoms with Crippen LogP contribution in [0.5, 0.6) is 0 Å². The van der Waals surface area contributed by atoms with E-state index in [4.69, 9.17) is 0 Å². The minimum atomic E-state index is -0.127. The van der Waals surface area contributed by atoms with Gasteiger partial charge >= 0.3 is 0 Å². The Bertz CT molecular complexity index is 1030. The van der Waals surface area contributed by atoms with Gasteiger partial charge in [0.2, 0.25) is 0 Å². The summed E-state index contributed by atoms with van der Waals surface area (Å²) in [5.74, 6) is 1.56. The molecule has 2 N–H and O–H groups in total. The fraction of sp³-hybridized carbons (Fsp3) is 0.500. The molecule has 0 atom stereocenters. The van der Waals surface area contributed by atoms with Crippen molar-refractivity contribution in [2.45, 2.75) is 45.3 Å². The molecule has 9 heteroatoms. The van der Waals surface area contributed by atoms with Gasteiger partial charge in [-0.1, -0.05) is 0 Å². The molecule has 0 radical (unpaired) electrons. The topological polar surface area (TPSA) is 111 Å². The fourth-order valence-corrected chi connectivity index (χ4v) is 3.83. The van der Waals surface area contributed by atoms with Crippen molar-refractivity contribution in [3.05, 3.63) is 34.7 Å². The van der Waals surface area contributed by atoms with E-state index in [-0.39, 0.29) is 24.5 Å². The molecule has 27 heavy (non-hydrogen) atoms. The molecular formula is C18H23N7O2. The lowest BCUT2D eigenvalue weighted by molar-refractivity contribution is 0.0908. The second kappa shape index (κ2) is 6.41. The Kier molecular flexibility index (Phi) is 4.18. The van der Waals surface area contributed by atoms with Crippen molar-refractivity contribution in [3.63, 3.8) is 0 Å². The molecular weight excluding hydrogens is 346 g/mol. The number of hydrogen-bond acceptors (Lipinski definition) is 6. The maximum atomic E-state index is 12.9. The van der Waals surface area contributed by atoms with Gasteiger partial charge in [-0.15, -0.1) is 10.2 Å². The highest BCUT2D eigenvalue weighted by molar-refractivity contribution is 6.06. The predicted octanol–water partition coefficient (Wildman–Crippen LogP) is 0.882. The molecule has 1 aliphatic carbocycles. The number of rotatable bonds is 4. The number of aliphatic hydroxyl groups is 1. The van der Waals surface area contributed by atoms with Crippen molar-refractivity contribution >= 4 is 16.9 Å². The van der Waals surface area contributed by atoms with Crippen molar-refractivity contribution < 1.29 is 9.90 Å².